The predicted molar refractivity (Wildman–Crippen MR) is 116 cm³/mol. The monoisotopic (exact) mass is 417 g/mol. The van der Waals surface area contributed by atoms with E-state index in [4.69, 9.17) is 9.84 Å². The van der Waals surface area contributed by atoms with E-state index in [-0.39, 0.29) is 23.6 Å². The molecule has 7 nitrogen and oxygen atoms in total. The van der Waals surface area contributed by atoms with Crippen LogP contribution < -0.4 is 15.4 Å². The fourth-order valence-electron chi connectivity index (χ4n) is 4.40. The van der Waals surface area contributed by atoms with E-state index in [2.05, 4.69) is 49.0 Å². The Hall–Kier alpha value is -2.12. The summed E-state index contributed by atoms with van der Waals surface area (Å²) in [6, 6.07) is 1.57. The number of aliphatic hydroxyl groups excluding tert-OH is 1. The normalized spacial score (nSPS) is 21.7. The van der Waals surface area contributed by atoms with Crippen LogP contribution in [0.15, 0.2) is 24.9 Å². The van der Waals surface area contributed by atoms with Gasteiger partial charge in [-0.05, 0) is 49.1 Å². The number of ether oxygens (including phenoxy) is 1. The maximum atomic E-state index is 11.0. The molecule has 4 N–H and O–H groups in total. The Morgan fingerprint density at radius 1 is 1.47 bits per heavy atom. The third-order valence-corrected chi connectivity index (χ3v) is 5.97. The molecule has 1 amide bonds. The molecule has 0 saturated heterocycles. The van der Waals surface area contributed by atoms with Crippen LogP contribution in [0, 0.1) is 5.41 Å². The van der Waals surface area contributed by atoms with E-state index < -0.39 is 18.2 Å². The fourth-order valence-corrected chi connectivity index (χ4v) is 4.40. The molecule has 1 aromatic rings. The summed E-state index contributed by atoms with van der Waals surface area (Å²) in [4.78, 5) is 15.7. The van der Waals surface area contributed by atoms with Crippen molar-refractivity contribution in [3.05, 3.63) is 36.0 Å². The molecule has 1 aliphatic carbocycles. The summed E-state index contributed by atoms with van der Waals surface area (Å²) in [6.45, 7) is 10.5. The van der Waals surface area contributed by atoms with E-state index in [1.54, 1.807) is 6.08 Å². The Morgan fingerprint density at radius 3 is 2.77 bits per heavy atom. The molecule has 30 heavy (non-hydrogen) atoms. The van der Waals surface area contributed by atoms with Crippen molar-refractivity contribution in [2.24, 2.45) is 5.41 Å². The number of fused-ring (bicyclic) bond motifs is 1. The topological polar surface area (TPSA) is 104 Å². The van der Waals surface area contributed by atoms with Crippen molar-refractivity contribution in [1.82, 2.24) is 15.6 Å². The van der Waals surface area contributed by atoms with Crippen molar-refractivity contribution in [1.29, 1.82) is 0 Å². The summed E-state index contributed by atoms with van der Waals surface area (Å²) in [7, 11) is 0. The standard InChI is InChI=1S/C23H35N3O4/c1-5-7-17(26-21(28)29)19(27)14-24-18-12-23(8-6-9-23)30-20-16(18)10-15(13-25-20)11-22(2,3)4/h5,10,13,17-19,24,26-27H,1,6-9,11-12,14H2,2-4H3,(H,28,29)/t17-,18-,19+/m0/s1. The first-order valence-corrected chi connectivity index (χ1v) is 10.8. The molecule has 0 radical (unpaired) electrons. The minimum absolute atomic E-state index is 0.00493. The predicted octanol–water partition coefficient (Wildman–Crippen LogP) is 3.58. The van der Waals surface area contributed by atoms with E-state index >= 15 is 0 Å². The zero-order valence-electron chi connectivity index (χ0n) is 18.3. The second kappa shape index (κ2) is 8.94. The number of carboxylic acid groups (broad SMARTS) is 1. The van der Waals surface area contributed by atoms with Gasteiger partial charge < -0.3 is 25.6 Å². The van der Waals surface area contributed by atoms with Crippen molar-refractivity contribution in [3.8, 4) is 5.88 Å². The summed E-state index contributed by atoms with van der Waals surface area (Å²) in [5.74, 6) is 0.678. The number of amides is 1. The van der Waals surface area contributed by atoms with E-state index in [0.29, 0.717) is 12.3 Å². The quantitative estimate of drug-likeness (QED) is 0.482. The SMILES string of the molecule is C=CC[C@H](NC(=O)O)[C@H](O)CN[C@H]1CC2(CCC2)Oc2ncc(CC(C)(C)C)cc21. The lowest BCUT2D eigenvalue weighted by Crippen LogP contribution is -2.51. The Morgan fingerprint density at radius 2 is 2.20 bits per heavy atom. The molecular weight excluding hydrogens is 382 g/mol. The molecule has 1 fully saturated rings. The van der Waals surface area contributed by atoms with Crippen LogP contribution in [0.5, 0.6) is 5.88 Å². The van der Waals surface area contributed by atoms with Crippen LogP contribution in [-0.2, 0) is 6.42 Å². The van der Waals surface area contributed by atoms with Crippen LogP contribution in [0.3, 0.4) is 0 Å². The first-order valence-electron chi connectivity index (χ1n) is 10.8. The van der Waals surface area contributed by atoms with Gasteiger partial charge in [0, 0.05) is 30.8 Å². The van der Waals surface area contributed by atoms with Gasteiger partial charge >= 0.3 is 6.09 Å². The fraction of sp³-hybridized carbons (Fsp3) is 0.652. The van der Waals surface area contributed by atoms with Crippen LogP contribution in [-0.4, -0.2) is 45.6 Å². The van der Waals surface area contributed by atoms with Crippen molar-refractivity contribution in [3.63, 3.8) is 0 Å². The third kappa shape index (κ3) is 5.52. The maximum absolute atomic E-state index is 11.0. The molecule has 0 bridgehead atoms. The molecule has 166 valence electrons. The number of hydrogen-bond donors (Lipinski definition) is 4. The highest BCUT2D eigenvalue weighted by molar-refractivity contribution is 5.65. The highest BCUT2D eigenvalue weighted by Gasteiger charge is 2.46. The van der Waals surface area contributed by atoms with Gasteiger partial charge in [0.1, 0.15) is 5.60 Å². The Kier molecular flexibility index (Phi) is 6.72. The molecule has 3 atom stereocenters. The summed E-state index contributed by atoms with van der Waals surface area (Å²) in [5, 5.41) is 25.5. The van der Waals surface area contributed by atoms with Gasteiger partial charge in [-0.1, -0.05) is 26.8 Å². The largest absolute Gasteiger partial charge is 0.471 e. The summed E-state index contributed by atoms with van der Waals surface area (Å²) in [6.07, 6.45) is 6.78. The third-order valence-electron chi connectivity index (χ3n) is 5.97. The minimum Gasteiger partial charge on any atom is -0.471 e. The van der Waals surface area contributed by atoms with Crippen LogP contribution in [0.1, 0.15) is 70.0 Å². The molecule has 0 aromatic carbocycles. The van der Waals surface area contributed by atoms with Gasteiger partial charge in [-0.3, -0.25) is 0 Å². The number of nitrogens with one attached hydrogen (secondary N) is 2. The number of hydrogen-bond acceptors (Lipinski definition) is 5. The maximum Gasteiger partial charge on any atom is 0.404 e. The molecule has 1 aliphatic heterocycles. The molecule has 2 heterocycles. The van der Waals surface area contributed by atoms with E-state index in [9.17, 15) is 9.90 Å². The molecular formula is C23H35N3O4. The molecule has 2 aliphatic rings. The van der Waals surface area contributed by atoms with Gasteiger partial charge in [-0.15, -0.1) is 6.58 Å². The number of nitrogens with zero attached hydrogens (tertiary/aromatic N) is 1. The van der Waals surface area contributed by atoms with E-state index in [0.717, 1.165) is 37.7 Å². The molecule has 0 unspecified atom stereocenters. The molecule has 3 rings (SSSR count). The first kappa shape index (κ1) is 22.6. The number of aliphatic hydroxyl groups is 1. The number of rotatable bonds is 8. The average Bonchev–Trinajstić information content (AvgIpc) is 2.62. The van der Waals surface area contributed by atoms with Gasteiger partial charge in [0.25, 0.3) is 0 Å². The van der Waals surface area contributed by atoms with Gasteiger partial charge in [-0.25, -0.2) is 9.78 Å². The smallest absolute Gasteiger partial charge is 0.404 e. The molecule has 7 heteroatoms. The molecule has 1 saturated carbocycles. The van der Waals surface area contributed by atoms with E-state index in [1.807, 2.05) is 6.20 Å². The zero-order valence-corrected chi connectivity index (χ0v) is 18.3. The van der Waals surface area contributed by atoms with Gasteiger partial charge in [0.15, 0.2) is 0 Å². The van der Waals surface area contributed by atoms with Gasteiger partial charge in [0.2, 0.25) is 5.88 Å². The number of aromatic nitrogens is 1. The lowest BCUT2D eigenvalue weighted by Gasteiger charge is -2.47. The van der Waals surface area contributed by atoms with E-state index in [1.165, 1.54) is 5.56 Å². The highest BCUT2D eigenvalue weighted by atomic mass is 16.5. The van der Waals surface area contributed by atoms with Crippen molar-refractivity contribution in [2.45, 2.75) is 83.1 Å². The molecule has 1 aromatic heterocycles. The second-order valence-corrected chi connectivity index (χ2v) is 9.93. The lowest BCUT2D eigenvalue weighted by atomic mass is 9.73. The summed E-state index contributed by atoms with van der Waals surface area (Å²) >= 11 is 0. The summed E-state index contributed by atoms with van der Waals surface area (Å²) < 4.78 is 6.30. The number of pyridine rings is 1. The lowest BCUT2D eigenvalue weighted by molar-refractivity contribution is -0.0420. The Balaban J connectivity index is 1.76. The highest BCUT2D eigenvalue weighted by Crippen LogP contribution is 2.48. The second-order valence-electron chi connectivity index (χ2n) is 9.93. The average molecular weight is 418 g/mol. The van der Waals surface area contributed by atoms with Crippen molar-refractivity contribution in [2.75, 3.05) is 6.54 Å². The zero-order chi connectivity index (χ0) is 21.9. The minimum atomic E-state index is -1.15. The van der Waals surface area contributed by atoms with Crippen LogP contribution in [0.4, 0.5) is 4.79 Å². The van der Waals surface area contributed by atoms with Crippen LogP contribution in [0.2, 0.25) is 0 Å². The van der Waals surface area contributed by atoms with Crippen molar-refractivity contribution >= 4 is 6.09 Å². The molecule has 1 spiro atoms. The van der Waals surface area contributed by atoms with Crippen molar-refractivity contribution < 1.29 is 19.7 Å². The number of carbonyl (C=O) groups is 1. The van der Waals surface area contributed by atoms with Crippen LogP contribution in [0.25, 0.3) is 0 Å². The summed E-state index contributed by atoms with van der Waals surface area (Å²) in [5.41, 5.74) is 2.17. The Labute approximate surface area is 178 Å². The first-order chi connectivity index (χ1) is 14.1. The van der Waals surface area contributed by atoms with Crippen LogP contribution >= 0.6 is 0 Å². The van der Waals surface area contributed by atoms with Gasteiger partial charge in [-0.2, -0.15) is 0 Å². The Bertz CT molecular complexity index is 770. The van der Waals surface area contributed by atoms with Gasteiger partial charge in [0.05, 0.1) is 12.1 Å².